The van der Waals surface area contributed by atoms with Crippen LogP contribution in [-0.4, -0.2) is 6.54 Å². The van der Waals surface area contributed by atoms with E-state index in [-0.39, 0.29) is 5.41 Å². The maximum absolute atomic E-state index is 5.85. The molecule has 80 valence electrons. The van der Waals surface area contributed by atoms with Crippen molar-refractivity contribution < 1.29 is 4.42 Å². The minimum absolute atomic E-state index is 0.0749. The second-order valence-electron chi connectivity index (χ2n) is 4.29. The Bertz CT molecular complexity index is 454. The van der Waals surface area contributed by atoms with Crippen molar-refractivity contribution in [1.29, 1.82) is 0 Å². The lowest BCUT2D eigenvalue weighted by atomic mass is 9.80. The maximum Gasteiger partial charge on any atom is 0.133 e. The van der Waals surface area contributed by atoms with Crippen LogP contribution >= 0.6 is 0 Å². The molecule has 1 aromatic carbocycles. The van der Waals surface area contributed by atoms with E-state index in [9.17, 15) is 0 Å². The fourth-order valence-corrected chi connectivity index (χ4v) is 1.81. The van der Waals surface area contributed by atoms with Crippen LogP contribution in [0, 0.1) is 0 Å². The van der Waals surface area contributed by atoms with Crippen LogP contribution in [0.3, 0.4) is 0 Å². The van der Waals surface area contributed by atoms with Gasteiger partial charge in [-0.25, -0.2) is 0 Å². The molecule has 2 nitrogen and oxygen atoms in total. The molecule has 0 saturated heterocycles. The number of hydrogen-bond acceptors (Lipinski definition) is 2. The topological polar surface area (TPSA) is 39.2 Å². The van der Waals surface area contributed by atoms with Crippen LogP contribution in [0.15, 0.2) is 34.9 Å². The first-order chi connectivity index (χ1) is 7.19. The Hall–Kier alpha value is -1.28. The molecule has 2 heteroatoms. The Morgan fingerprint density at radius 1 is 1.33 bits per heavy atom. The summed E-state index contributed by atoms with van der Waals surface area (Å²) < 4.78 is 5.32. The average Bonchev–Trinajstić information content (AvgIpc) is 2.74. The van der Waals surface area contributed by atoms with Crippen LogP contribution in [0.5, 0.6) is 0 Å². The van der Waals surface area contributed by atoms with Gasteiger partial charge in [0.15, 0.2) is 0 Å². The molecule has 0 spiro atoms. The van der Waals surface area contributed by atoms with Gasteiger partial charge >= 0.3 is 0 Å². The molecule has 0 aliphatic rings. The molecule has 1 heterocycles. The molecule has 2 N–H and O–H groups in total. The van der Waals surface area contributed by atoms with Gasteiger partial charge in [0, 0.05) is 17.3 Å². The van der Waals surface area contributed by atoms with E-state index < -0.39 is 0 Å². The van der Waals surface area contributed by atoms with Gasteiger partial charge in [0.1, 0.15) is 5.58 Å². The molecule has 1 atom stereocenters. The maximum atomic E-state index is 5.85. The minimum atomic E-state index is 0.0749. The first-order valence-electron chi connectivity index (χ1n) is 5.37. The third-order valence-electron chi connectivity index (χ3n) is 3.38. The molecular weight excluding hydrogens is 186 g/mol. The Balaban J connectivity index is 2.51. The van der Waals surface area contributed by atoms with Gasteiger partial charge in [-0.3, -0.25) is 0 Å². The second kappa shape index (κ2) is 3.70. The smallest absolute Gasteiger partial charge is 0.133 e. The highest BCUT2D eigenvalue weighted by atomic mass is 16.3. The van der Waals surface area contributed by atoms with Crippen molar-refractivity contribution in [2.24, 2.45) is 5.73 Å². The predicted molar refractivity (Wildman–Crippen MR) is 62.9 cm³/mol. The van der Waals surface area contributed by atoms with Crippen molar-refractivity contribution in [2.45, 2.75) is 25.7 Å². The van der Waals surface area contributed by atoms with Gasteiger partial charge in [-0.05, 0) is 30.2 Å². The number of benzene rings is 1. The molecule has 2 rings (SSSR count). The normalized spacial score (nSPS) is 15.4. The van der Waals surface area contributed by atoms with Crippen LogP contribution in [0.25, 0.3) is 11.0 Å². The third-order valence-corrected chi connectivity index (χ3v) is 3.38. The van der Waals surface area contributed by atoms with E-state index in [1.54, 1.807) is 6.26 Å². The molecule has 0 bridgehead atoms. The number of hydrogen-bond donors (Lipinski definition) is 1. The molecule has 0 aliphatic carbocycles. The van der Waals surface area contributed by atoms with Crippen LogP contribution in [0.2, 0.25) is 0 Å². The van der Waals surface area contributed by atoms with Gasteiger partial charge in [-0.15, -0.1) is 0 Å². The first kappa shape index (κ1) is 10.2. The molecule has 1 unspecified atom stereocenters. The van der Waals surface area contributed by atoms with E-state index in [0.717, 1.165) is 17.4 Å². The standard InChI is InChI=1S/C13H17NO/c1-3-13(2,9-14)11-4-5-12-10(8-11)6-7-15-12/h4-8H,3,9,14H2,1-2H3. The fourth-order valence-electron chi connectivity index (χ4n) is 1.81. The molecule has 0 fully saturated rings. The molecule has 15 heavy (non-hydrogen) atoms. The molecule has 0 radical (unpaired) electrons. The molecule has 1 aromatic heterocycles. The molecule has 2 aromatic rings. The largest absolute Gasteiger partial charge is 0.464 e. The van der Waals surface area contributed by atoms with E-state index in [4.69, 9.17) is 10.2 Å². The fraction of sp³-hybridized carbons (Fsp3) is 0.385. The molecule has 0 aliphatic heterocycles. The highest BCUT2D eigenvalue weighted by molar-refractivity contribution is 5.78. The zero-order valence-corrected chi connectivity index (χ0v) is 9.29. The summed E-state index contributed by atoms with van der Waals surface area (Å²) in [6.07, 6.45) is 2.77. The lowest BCUT2D eigenvalue weighted by Gasteiger charge is -2.26. The quantitative estimate of drug-likeness (QED) is 0.832. The zero-order valence-electron chi connectivity index (χ0n) is 9.29. The third kappa shape index (κ3) is 1.65. The van der Waals surface area contributed by atoms with Gasteiger partial charge in [-0.1, -0.05) is 19.9 Å². The summed E-state index contributed by atoms with van der Waals surface area (Å²) in [5.74, 6) is 0. The van der Waals surface area contributed by atoms with Gasteiger partial charge in [0.05, 0.1) is 6.26 Å². The van der Waals surface area contributed by atoms with E-state index in [0.29, 0.717) is 6.54 Å². The summed E-state index contributed by atoms with van der Waals surface area (Å²) >= 11 is 0. The van der Waals surface area contributed by atoms with Gasteiger partial charge in [-0.2, -0.15) is 0 Å². The summed E-state index contributed by atoms with van der Waals surface area (Å²) in [7, 11) is 0. The summed E-state index contributed by atoms with van der Waals surface area (Å²) in [5.41, 5.74) is 8.15. The monoisotopic (exact) mass is 203 g/mol. The SMILES string of the molecule is CCC(C)(CN)c1ccc2occc2c1. The lowest BCUT2D eigenvalue weighted by Crippen LogP contribution is -2.30. The summed E-state index contributed by atoms with van der Waals surface area (Å²) in [5, 5.41) is 1.15. The highest BCUT2D eigenvalue weighted by Gasteiger charge is 2.22. The number of furan rings is 1. The van der Waals surface area contributed by atoms with Crippen molar-refractivity contribution in [3.05, 3.63) is 36.1 Å². The van der Waals surface area contributed by atoms with Gasteiger partial charge < -0.3 is 10.2 Å². The Kier molecular flexibility index (Phi) is 2.53. The number of rotatable bonds is 3. The van der Waals surface area contributed by atoms with Crippen LogP contribution in [0.1, 0.15) is 25.8 Å². The predicted octanol–water partition coefficient (Wildman–Crippen LogP) is 3.06. The van der Waals surface area contributed by atoms with E-state index >= 15 is 0 Å². The second-order valence-corrected chi connectivity index (χ2v) is 4.29. The number of fused-ring (bicyclic) bond motifs is 1. The van der Waals surface area contributed by atoms with E-state index in [2.05, 4.69) is 26.0 Å². The van der Waals surface area contributed by atoms with Crippen molar-refractivity contribution in [3.63, 3.8) is 0 Å². The molecule has 0 saturated carbocycles. The van der Waals surface area contributed by atoms with E-state index in [1.165, 1.54) is 5.56 Å². The van der Waals surface area contributed by atoms with Gasteiger partial charge in [0.25, 0.3) is 0 Å². The Morgan fingerprint density at radius 3 is 2.80 bits per heavy atom. The highest BCUT2D eigenvalue weighted by Crippen LogP contribution is 2.29. The van der Waals surface area contributed by atoms with Crippen LogP contribution < -0.4 is 5.73 Å². The minimum Gasteiger partial charge on any atom is -0.464 e. The van der Waals surface area contributed by atoms with Crippen LogP contribution in [0.4, 0.5) is 0 Å². The van der Waals surface area contributed by atoms with Crippen LogP contribution in [-0.2, 0) is 5.41 Å². The first-order valence-corrected chi connectivity index (χ1v) is 5.37. The molecule has 0 amide bonds. The summed E-state index contributed by atoms with van der Waals surface area (Å²) in [6.45, 7) is 5.05. The van der Waals surface area contributed by atoms with Gasteiger partial charge in [0.2, 0.25) is 0 Å². The van der Waals surface area contributed by atoms with Crippen molar-refractivity contribution in [2.75, 3.05) is 6.54 Å². The zero-order chi connectivity index (χ0) is 10.9. The lowest BCUT2D eigenvalue weighted by molar-refractivity contribution is 0.467. The number of nitrogens with two attached hydrogens (primary N) is 1. The Morgan fingerprint density at radius 2 is 2.13 bits per heavy atom. The van der Waals surface area contributed by atoms with E-state index in [1.807, 2.05) is 12.1 Å². The average molecular weight is 203 g/mol. The molecular formula is C13H17NO. The summed E-state index contributed by atoms with van der Waals surface area (Å²) in [6, 6.07) is 8.30. The van der Waals surface area contributed by atoms with Crippen molar-refractivity contribution in [1.82, 2.24) is 0 Å². The summed E-state index contributed by atoms with van der Waals surface area (Å²) in [4.78, 5) is 0. The van der Waals surface area contributed by atoms with Crippen molar-refractivity contribution in [3.8, 4) is 0 Å². The Labute approximate surface area is 90.1 Å². The van der Waals surface area contributed by atoms with Crippen molar-refractivity contribution >= 4 is 11.0 Å².